The Morgan fingerprint density at radius 2 is 2.00 bits per heavy atom. The van der Waals surface area contributed by atoms with Gasteiger partial charge in [-0.2, -0.15) is 0 Å². The van der Waals surface area contributed by atoms with Gasteiger partial charge in [-0.15, -0.1) is 11.3 Å². The van der Waals surface area contributed by atoms with Crippen molar-refractivity contribution in [1.29, 1.82) is 0 Å². The van der Waals surface area contributed by atoms with Crippen LogP contribution in [0.3, 0.4) is 0 Å². The fourth-order valence-corrected chi connectivity index (χ4v) is 5.20. The minimum absolute atomic E-state index is 0.145. The molecule has 0 saturated carbocycles. The van der Waals surface area contributed by atoms with E-state index in [9.17, 15) is 13.2 Å². The van der Waals surface area contributed by atoms with Gasteiger partial charge in [-0.05, 0) is 55.0 Å². The van der Waals surface area contributed by atoms with Crippen molar-refractivity contribution in [2.75, 3.05) is 6.54 Å². The summed E-state index contributed by atoms with van der Waals surface area (Å²) < 4.78 is 29.6. The van der Waals surface area contributed by atoms with E-state index in [0.717, 1.165) is 42.2 Å². The number of nitrogens with one attached hydrogen (secondary N) is 2. The van der Waals surface area contributed by atoms with Crippen molar-refractivity contribution in [3.8, 4) is 0 Å². The Hall–Kier alpha value is -2.49. The number of hydrogen-bond donors (Lipinski definition) is 2. The Morgan fingerprint density at radius 3 is 2.73 bits per heavy atom. The number of aromatic nitrogens is 2. The van der Waals surface area contributed by atoms with Crippen LogP contribution in [0.4, 0.5) is 0 Å². The van der Waals surface area contributed by atoms with E-state index in [1.807, 2.05) is 23.7 Å². The van der Waals surface area contributed by atoms with E-state index in [2.05, 4.69) is 19.6 Å². The topological polar surface area (TPSA) is 93.1 Å². The second kappa shape index (κ2) is 9.11. The van der Waals surface area contributed by atoms with E-state index in [-0.39, 0.29) is 10.8 Å². The number of benzene rings is 1. The minimum atomic E-state index is -3.60. The van der Waals surface area contributed by atoms with E-state index in [0.29, 0.717) is 25.1 Å². The molecule has 0 unspecified atom stereocenters. The van der Waals surface area contributed by atoms with Crippen LogP contribution in [-0.4, -0.2) is 30.4 Å². The quantitative estimate of drug-likeness (QED) is 0.559. The van der Waals surface area contributed by atoms with Gasteiger partial charge in [-0.3, -0.25) is 4.79 Å². The minimum Gasteiger partial charge on any atom is -0.346 e. The molecule has 1 aromatic carbocycles. The molecule has 3 aromatic rings. The van der Waals surface area contributed by atoms with Crippen molar-refractivity contribution in [1.82, 2.24) is 19.6 Å². The van der Waals surface area contributed by atoms with Gasteiger partial charge in [0.1, 0.15) is 5.82 Å². The number of fused-ring (bicyclic) bond motifs is 1. The zero-order chi connectivity index (χ0) is 21.0. The summed E-state index contributed by atoms with van der Waals surface area (Å²) in [5, 5.41) is 4.82. The van der Waals surface area contributed by atoms with Gasteiger partial charge in [0.05, 0.1) is 17.1 Å². The zero-order valence-corrected chi connectivity index (χ0v) is 18.1. The molecule has 2 N–H and O–H groups in total. The predicted molar refractivity (Wildman–Crippen MR) is 116 cm³/mol. The van der Waals surface area contributed by atoms with Gasteiger partial charge < -0.3 is 9.88 Å². The van der Waals surface area contributed by atoms with Gasteiger partial charge in [-0.25, -0.2) is 18.1 Å². The summed E-state index contributed by atoms with van der Waals surface area (Å²) in [4.78, 5) is 18.3. The van der Waals surface area contributed by atoms with Gasteiger partial charge in [0, 0.05) is 36.1 Å². The molecule has 158 valence electrons. The molecular formula is C21H24N4O3S2. The molecule has 0 aliphatic carbocycles. The van der Waals surface area contributed by atoms with Gasteiger partial charge >= 0.3 is 0 Å². The molecule has 0 bridgehead atoms. The number of aryl methyl sites for hydroxylation is 2. The van der Waals surface area contributed by atoms with Crippen molar-refractivity contribution in [2.24, 2.45) is 0 Å². The molecular weight excluding hydrogens is 420 g/mol. The van der Waals surface area contributed by atoms with Gasteiger partial charge in [-0.1, -0.05) is 6.07 Å². The van der Waals surface area contributed by atoms with Crippen LogP contribution in [0.25, 0.3) is 0 Å². The third-order valence-electron chi connectivity index (χ3n) is 5.06. The van der Waals surface area contributed by atoms with Crippen LogP contribution < -0.4 is 10.0 Å². The lowest BCUT2D eigenvalue weighted by Crippen LogP contribution is -2.26. The van der Waals surface area contributed by atoms with E-state index >= 15 is 0 Å². The van der Waals surface area contributed by atoms with E-state index in [1.54, 1.807) is 11.3 Å². The van der Waals surface area contributed by atoms with Crippen LogP contribution in [0, 0.1) is 0 Å². The maximum Gasteiger partial charge on any atom is 0.251 e. The van der Waals surface area contributed by atoms with Gasteiger partial charge in [0.2, 0.25) is 10.0 Å². The molecule has 1 aliphatic rings. The van der Waals surface area contributed by atoms with Crippen LogP contribution in [-0.2, 0) is 36.0 Å². The van der Waals surface area contributed by atoms with Crippen molar-refractivity contribution < 1.29 is 13.2 Å². The number of sulfonamides is 1. The third kappa shape index (κ3) is 4.97. The number of nitrogens with zero attached hydrogens (tertiary/aromatic N) is 2. The van der Waals surface area contributed by atoms with Crippen LogP contribution in [0.5, 0.6) is 0 Å². The maximum atomic E-state index is 12.4. The molecule has 0 radical (unpaired) electrons. The predicted octanol–water partition coefficient (Wildman–Crippen LogP) is 2.73. The standard InChI is InChI=1S/C21H24N4O3S2/c26-21(22-14-17-15-25-12-2-1-5-20(25)24-17)16-6-8-19(9-7-16)30(27,28)23-11-10-18-4-3-13-29-18/h3-4,6-9,13,15,23H,1-2,5,10-12,14H2,(H,22,26). The Balaban J connectivity index is 1.31. The molecule has 0 atom stereocenters. The van der Waals surface area contributed by atoms with E-state index < -0.39 is 10.0 Å². The molecule has 4 rings (SSSR count). The van der Waals surface area contributed by atoms with E-state index in [4.69, 9.17) is 0 Å². The van der Waals surface area contributed by atoms with Crippen LogP contribution in [0.1, 0.15) is 39.6 Å². The zero-order valence-electron chi connectivity index (χ0n) is 16.5. The maximum absolute atomic E-state index is 12.4. The number of thiophene rings is 1. The summed E-state index contributed by atoms with van der Waals surface area (Å²) >= 11 is 1.60. The number of carbonyl (C=O) groups excluding carboxylic acids is 1. The highest BCUT2D eigenvalue weighted by atomic mass is 32.2. The number of imidazole rings is 1. The number of rotatable bonds is 8. The molecule has 3 heterocycles. The normalized spacial score (nSPS) is 13.7. The SMILES string of the molecule is O=C(NCc1cn2c(n1)CCCC2)c1ccc(S(=O)(=O)NCCc2cccs2)cc1. The summed E-state index contributed by atoms with van der Waals surface area (Å²) in [5.41, 5.74) is 1.26. The third-order valence-corrected chi connectivity index (χ3v) is 7.47. The monoisotopic (exact) mass is 444 g/mol. The second-order valence-corrected chi connectivity index (χ2v) is 10.0. The van der Waals surface area contributed by atoms with Crippen molar-refractivity contribution in [3.05, 3.63) is 69.9 Å². The first-order chi connectivity index (χ1) is 14.5. The fraction of sp³-hybridized carbons (Fsp3) is 0.333. The summed E-state index contributed by atoms with van der Waals surface area (Å²) in [6, 6.07) is 9.89. The Morgan fingerprint density at radius 1 is 1.17 bits per heavy atom. The molecule has 30 heavy (non-hydrogen) atoms. The lowest BCUT2D eigenvalue weighted by molar-refractivity contribution is 0.0950. The largest absolute Gasteiger partial charge is 0.346 e. The first-order valence-corrected chi connectivity index (χ1v) is 12.3. The van der Waals surface area contributed by atoms with Crippen molar-refractivity contribution in [2.45, 2.75) is 43.7 Å². The molecule has 9 heteroatoms. The van der Waals surface area contributed by atoms with Crippen molar-refractivity contribution in [3.63, 3.8) is 0 Å². The van der Waals surface area contributed by atoms with Crippen LogP contribution >= 0.6 is 11.3 Å². The summed E-state index contributed by atoms with van der Waals surface area (Å²) in [6.07, 6.45) is 5.93. The highest BCUT2D eigenvalue weighted by molar-refractivity contribution is 7.89. The number of carbonyl (C=O) groups is 1. The molecule has 0 saturated heterocycles. The number of amides is 1. The lowest BCUT2D eigenvalue weighted by Gasteiger charge is -2.11. The molecule has 0 spiro atoms. The molecule has 7 nitrogen and oxygen atoms in total. The van der Waals surface area contributed by atoms with Crippen LogP contribution in [0.15, 0.2) is 52.9 Å². The average Bonchev–Trinajstić information content (AvgIpc) is 3.41. The average molecular weight is 445 g/mol. The summed E-state index contributed by atoms with van der Waals surface area (Å²) in [5.74, 6) is 0.821. The fourth-order valence-electron chi connectivity index (χ4n) is 3.46. The first kappa shape index (κ1) is 20.8. The highest BCUT2D eigenvalue weighted by Gasteiger charge is 2.16. The Kier molecular flexibility index (Phi) is 6.31. The molecule has 0 fully saturated rings. The molecule has 1 amide bonds. The Bertz CT molecular complexity index is 1080. The van der Waals surface area contributed by atoms with Crippen molar-refractivity contribution >= 4 is 27.3 Å². The molecule has 2 aromatic heterocycles. The highest BCUT2D eigenvalue weighted by Crippen LogP contribution is 2.15. The molecule has 1 aliphatic heterocycles. The van der Waals surface area contributed by atoms with Gasteiger partial charge in [0.15, 0.2) is 0 Å². The number of hydrogen-bond acceptors (Lipinski definition) is 5. The van der Waals surface area contributed by atoms with Gasteiger partial charge in [0.25, 0.3) is 5.91 Å². The summed E-state index contributed by atoms with van der Waals surface area (Å²) in [6.45, 7) is 1.66. The Labute approximate surface area is 180 Å². The first-order valence-electron chi connectivity index (χ1n) is 9.96. The van der Waals surface area contributed by atoms with Crippen LogP contribution in [0.2, 0.25) is 0 Å². The lowest BCUT2D eigenvalue weighted by atomic mass is 10.2. The second-order valence-electron chi connectivity index (χ2n) is 7.23. The smallest absolute Gasteiger partial charge is 0.251 e. The summed E-state index contributed by atoms with van der Waals surface area (Å²) in [7, 11) is -3.60. The van der Waals surface area contributed by atoms with E-state index in [1.165, 1.54) is 24.3 Å².